The fourth-order valence-corrected chi connectivity index (χ4v) is 2.58. The minimum atomic E-state index is -0.277. The highest BCUT2D eigenvalue weighted by molar-refractivity contribution is 5.91. The van der Waals surface area contributed by atoms with Gasteiger partial charge in [0, 0.05) is 13.1 Å². The van der Waals surface area contributed by atoms with Crippen LogP contribution in [-0.4, -0.2) is 29.0 Å². The summed E-state index contributed by atoms with van der Waals surface area (Å²) < 4.78 is 12.9. The summed E-state index contributed by atoms with van der Waals surface area (Å²) in [5.41, 5.74) is 2.47. The molecular weight excluding hydrogens is 343 g/mol. The molecule has 0 fully saturated rings. The monoisotopic (exact) mass is 364 g/mol. The van der Waals surface area contributed by atoms with Crippen molar-refractivity contribution in [2.45, 2.75) is 12.8 Å². The average molecular weight is 364 g/mol. The Kier molecular flexibility index (Phi) is 6.46. The van der Waals surface area contributed by atoms with Crippen molar-refractivity contribution in [3.05, 3.63) is 89.6 Å². The van der Waals surface area contributed by atoms with Gasteiger partial charge in [0.05, 0.1) is 12.4 Å². The third-order valence-corrected chi connectivity index (χ3v) is 4.06. The maximum absolute atomic E-state index is 12.9. The van der Waals surface area contributed by atoms with Crippen molar-refractivity contribution in [2.75, 3.05) is 18.4 Å². The lowest BCUT2D eigenvalue weighted by Gasteiger charge is -2.07. The molecule has 6 heteroatoms. The van der Waals surface area contributed by atoms with E-state index in [1.807, 2.05) is 18.2 Å². The molecule has 0 aliphatic heterocycles. The van der Waals surface area contributed by atoms with Crippen molar-refractivity contribution in [2.24, 2.45) is 0 Å². The normalized spacial score (nSPS) is 10.4. The Morgan fingerprint density at radius 3 is 2.26 bits per heavy atom. The first-order chi connectivity index (χ1) is 13.2. The molecule has 0 radical (unpaired) electrons. The van der Waals surface area contributed by atoms with E-state index >= 15 is 0 Å². The van der Waals surface area contributed by atoms with Crippen LogP contribution in [0.1, 0.15) is 21.6 Å². The largest absolute Gasteiger partial charge is 0.368 e. The molecule has 0 spiro atoms. The zero-order chi connectivity index (χ0) is 18.9. The molecule has 1 heterocycles. The third-order valence-electron chi connectivity index (χ3n) is 4.06. The summed E-state index contributed by atoms with van der Waals surface area (Å²) in [6, 6.07) is 16.4. The van der Waals surface area contributed by atoms with Crippen LogP contribution in [0.5, 0.6) is 0 Å². The summed E-state index contributed by atoms with van der Waals surface area (Å²) in [7, 11) is 0. The molecule has 2 N–H and O–H groups in total. The smallest absolute Gasteiger partial charge is 0.271 e. The predicted molar refractivity (Wildman–Crippen MR) is 103 cm³/mol. The number of nitrogens with one attached hydrogen (secondary N) is 2. The molecule has 138 valence electrons. The van der Waals surface area contributed by atoms with Gasteiger partial charge in [-0.1, -0.05) is 42.5 Å². The van der Waals surface area contributed by atoms with Crippen LogP contribution in [-0.2, 0) is 12.8 Å². The number of aromatic nitrogens is 2. The van der Waals surface area contributed by atoms with Gasteiger partial charge in [-0.25, -0.2) is 14.4 Å². The number of carbonyl (C=O) groups excluding carboxylic acids is 1. The van der Waals surface area contributed by atoms with Crippen LogP contribution in [0, 0.1) is 5.82 Å². The molecule has 0 saturated heterocycles. The number of rotatable bonds is 8. The molecule has 1 amide bonds. The fraction of sp³-hybridized carbons (Fsp3) is 0.190. The third kappa shape index (κ3) is 5.88. The number of hydrogen-bond donors (Lipinski definition) is 2. The Balaban J connectivity index is 1.42. The molecular formula is C21H21FN4O. The van der Waals surface area contributed by atoms with Crippen molar-refractivity contribution in [3.8, 4) is 0 Å². The zero-order valence-electron chi connectivity index (χ0n) is 14.9. The first-order valence-electron chi connectivity index (χ1n) is 8.83. The molecule has 3 aromatic rings. The molecule has 0 unspecified atom stereocenters. The molecule has 0 saturated carbocycles. The van der Waals surface area contributed by atoms with Crippen LogP contribution in [0.4, 0.5) is 10.2 Å². The Bertz CT molecular complexity index is 852. The highest BCUT2D eigenvalue weighted by Crippen LogP contribution is 2.05. The lowest BCUT2D eigenvalue weighted by Crippen LogP contribution is -2.26. The summed E-state index contributed by atoms with van der Waals surface area (Å²) in [6.45, 7) is 1.19. The van der Waals surface area contributed by atoms with Crippen molar-refractivity contribution in [3.63, 3.8) is 0 Å². The molecule has 5 nitrogen and oxygen atoms in total. The van der Waals surface area contributed by atoms with Gasteiger partial charge in [0.1, 0.15) is 17.3 Å². The van der Waals surface area contributed by atoms with E-state index in [4.69, 9.17) is 0 Å². The zero-order valence-corrected chi connectivity index (χ0v) is 14.9. The molecule has 0 aliphatic rings. The maximum Gasteiger partial charge on any atom is 0.271 e. The standard InChI is InChI=1S/C21H21FN4O/c22-18-8-6-17(7-9-18)11-13-24-21(27)19-14-26-20(15-25-19)23-12-10-16-4-2-1-3-5-16/h1-9,14-15H,10-13H2,(H,23,26)(H,24,27). The second kappa shape index (κ2) is 9.43. The number of nitrogens with zero attached hydrogens (tertiary/aromatic N) is 2. The highest BCUT2D eigenvalue weighted by atomic mass is 19.1. The predicted octanol–water partition coefficient (Wildman–Crippen LogP) is 3.24. The summed E-state index contributed by atoms with van der Waals surface area (Å²) >= 11 is 0. The topological polar surface area (TPSA) is 66.9 Å². The number of amides is 1. The van der Waals surface area contributed by atoms with Crippen molar-refractivity contribution in [1.82, 2.24) is 15.3 Å². The van der Waals surface area contributed by atoms with Crippen LogP contribution < -0.4 is 10.6 Å². The number of hydrogen-bond acceptors (Lipinski definition) is 4. The van der Waals surface area contributed by atoms with E-state index in [2.05, 4.69) is 32.7 Å². The van der Waals surface area contributed by atoms with E-state index in [1.54, 1.807) is 18.3 Å². The fourth-order valence-electron chi connectivity index (χ4n) is 2.58. The van der Waals surface area contributed by atoms with Gasteiger partial charge in [0.15, 0.2) is 0 Å². The molecule has 0 aliphatic carbocycles. The van der Waals surface area contributed by atoms with Gasteiger partial charge in [-0.2, -0.15) is 0 Å². The van der Waals surface area contributed by atoms with Crippen molar-refractivity contribution >= 4 is 11.7 Å². The molecule has 3 rings (SSSR count). The first-order valence-corrected chi connectivity index (χ1v) is 8.83. The van der Waals surface area contributed by atoms with E-state index in [1.165, 1.54) is 23.9 Å². The molecule has 0 atom stereocenters. The van der Waals surface area contributed by atoms with Gasteiger partial charge in [0.25, 0.3) is 5.91 Å². The van der Waals surface area contributed by atoms with Gasteiger partial charge < -0.3 is 10.6 Å². The van der Waals surface area contributed by atoms with Crippen LogP contribution in [0.25, 0.3) is 0 Å². The molecule has 1 aromatic heterocycles. The van der Waals surface area contributed by atoms with Crippen LogP contribution in [0.15, 0.2) is 67.0 Å². The maximum atomic E-state index is 12.9. The highest BCUT2D eigenvalue weighted by Gasteiger charge is 2.07. The summed E-state index contributed by atoms with van der Waals surface area (Å²) in [6.07, 6.45) is 4.52. The molecule has 27 heavy (non-hydrogen) atoms. The van der Waals surface area contributed by atoms with Crippen LogP contribution in [0.3, 0.4) is 0 Å². The van der Waals surface area contributed by atoms with Gasteiger partial charge >= 0.3 is 0 Å². The summed E-state index contributed by atoms with van der Waals surface area (Å²) in [5.74, 6) is 0.0877. The van der Waals surface area contributed by atoms with Gasteiger partial charge in [0.2, 0.25) is 0 Å². The Morgan fingerprint density at radius 1 is 0.852 bits per heavy atom. The lowest BCUT2D eigenvalue weighted by molar-refractivity contribution is 0.0949. The second-order valence-corrected chi connectivity index (χ2v) is 6.08. The van der Waals surface area contributed by atoms with Gasteiger partial charge in [-0.05, 0) is 36.1 Å². The van der Waals surface area contributed by atoms with E-state index in [0.717, 1.165) is 18.5 Å². The number of anilines is 1. The van der Waals surface area contributed by atoms with Gasteiger partial charge in [-0.3, -0.25) is 4.79 Å². The summed E-state index contributed by atoms with van der Waals surface area (Å²) in [4.78, 5) is 20.5. The van der Waals surface area contributed by atoms with Crippen LogP contribution in [0.2, 0.25) is 0 Å². The first kappa shape index (κ1) is 18.5. The van der Waals surface area contributed by atoms with Crippen molar-refractivity contribution in [1.29, 1.82) is 0 Å². The van der Waals surface area contributed by atoms with E-state index in [0.29, 0.717) is 18.8 Å². The molecule has 0 bridgehead atoms. The molecule has 2 aromatic carbocycles. The van der Waals surface area contributed by atoms with Gasteiger partial charge in [-0.15, -0.1) is 0 Å². The quantitative estimate of drug-likeness (QED) is 0.644. The lowest BCUT2D eigenvalue weighted by atomic mass is 10.1. The Labute approximate surface area is 157 Å². The SMILES string of the molecule is O=C(NCCc1ccc(F)cc1)c1cnc(NCCc2ccccc2)cn1. The number of benzene rings is 2. The minimum Gasteiger partial charge on any atom is -0.368 e. The number of carbonyl (C=O) groups is 1. The Morgan fingerprint density at radius 2 is 1.56 bits per heavy atom. The van der Waals surface area contributed by atoms with E-state index < -0.39 is 0 Å². The number of halogens is 1. The summed E-state index contributed by atoms with van der Waals surface area (Å²) in [5, 5.41) is 5.98. The van der Waals surface area contributed by atoms with E-state index in [-0.39, 0.29) is 17.4 Å². The second-order valence-electron chi connectivity index (χ2n) is 6.08. The Hall–Kier alpha value is -3.28. The van der Waals surface area contributed by atoms with Crippen molar-refractivity contribution < 1.29 is 9.18 Å². The average Bonchev–Trinajstić information content (AvgIpc) is 2.71. The van der Waals surface area contributed by atoms with Crippen LogP contribution >= 0.6 is 0 Å². The van der Waals surface area contributed by atoms with E-state index in [9.17, 15) is 9.18 Å². The minimum absolute atomic E-state index is 0.266.